The number of rotatable bonds is 2. The summed E-state index contributed by atoms with van der Waals surface area (Å²) in [6.07, 6.45) is 0. The van der Waals surface area contributed by atoms with E-state index in [9.17, 15) is 4.79 Å². The zero-order valence-corrected chi connectivity index (χ0v) is 10.5. The molecule has 0 radical (unpaired) electrons. The Balaban J connectivity index is 2.31. The molecule has 0 atom stereocenters. The number of hydrogen-bond acceptors (Lipinski definition) is 4. The lowest BCUT2D eigenvalue weighted by molar-refractivity contribution is 0.905. The number of nitrogens with zero attached hydrogens (tertiary/aromatic N) is 1. The summed E-state index contributed by atoms with van der Waals surface area (Å²) in [5, 5.41) is 0.582. The molecule has 0 bridgehead atoms. The van der Waals surface area contributed by atoms with Crippen LogP contribution in [0, 0.1) is 13.8 Å². The Hall–Kier alpha value is -1.75. The minimum atomic E-state index is -0.139. The molecule has 0 spiro atoms. The first-order chi connectivity index (χ1) is 8.04. The molecule has 88 valence electrons. The summed E-state index contributed by atoms with van der Waals surface area (Å²) in [6, 6.07) is 7.25. The van der Waals surface area contributed by atoms with Crippen molar-refractivity contribution < 1.29 is 0 Å². The first-order valence-corrected chi connectivity index (χ1v) is 5.98. The number of nitrogens with two attached hydrogens (primary N) is 1. The van der Waals surface area contributed by atoms with Gasteiger partial charge in [0.05, 0.1) is 0 Å². The molecule has 0 saturated heterocycles. The summed E-state index contributed by atoms with van der Waals surface area (Å²) in [6.45, 7) is 3.75. The highest BCUT2D eigenvalue weighted by Gasteiger charge is 2.03. The Morgan fingerprint density at radius 1 is 1.29 bits per heavy atom. The van der Waals surface area contributed by atoms with Crippen LogP contribution in [0.15, 0.2) is 39.1 Å². The van der Waals surface area contributed by atoms with Gasteiger partial charge in [0, 0.05) is 22.3 Å². The predicted octanol–water partition coefficient (Wildman–Crippen LogP) is 2.12. The third kappa shape index (κ3) is 2.88. The number of anilines is 1. The molecule has 1 aromatic heterocycles. The first kappa shape index (κ1) is 11.7. The van der Waals surface area contributed by atoms with Crippen LogP contribution < -0.4 is 11.3 Å². The number of benzene rings is 1. The van der Waals surface area contributed by atoms with Gasteiger partial charge in [-0.05, 0) is 31.5 Å². The van der Waals surface area contributed by atoms with Crippen molar-refractivity contribution in [2.45, 2.75) is 23.9 Å². The molecule has 5 heteroatoms. The molecular weight excluding hydrogens is 234 g/mol. The number of aromatic nitrogens is 2. The van der Waals surface area contributed by atoms with Crippen molar-refractivity contribution in [3.05, 3.63) is 45.9 Å². The summed E-state index contributed by atoms with van der Waals surface area (Å²) >= 11 is 1.39. The summed E-state index contributed by atoms with van der Waals surface area (Å²) in [4.78, 5) is 19.2. The standard InChI is InChI=1S/C12H13N3OS/c1-7-3-4-9(6-10(7)13)17-12-14-8(2)5-11(16)15-12/h3-6H,13H2,1-2H3,(H,14,15,16). The minimum Gasteiger partial charge on any atom is -0.398 e. The highest BCUT2D eigenvalue weighted by Crippen LogP contribution is 2.26. The van der Waals surface area contributed by atoms with E-state index >= 15 is 0 Å². The van der Waals surface area contributed by atoms with E-state index in [1.54, 1.807) is 6.92 Å². The molecule has 1 heterocycles. The van der Waals surface area contributed by atoms with Gasteiger partial charge >= 0.3 is 0 Å². The lowest BCUT2D eigenvalue weighted by Gasteiger charge is -2.04. The van der Waals surface area contributed by atoms with Crippen LogP contribution in [0.2, 0.25) is 0 Å². The number of nitrogen functional groups attached to an aromatic ring is 1. The second-order valence-corrected chi connectivity index (χ2v) is 4.87. The van der Waals surface area contributed by atoms with Gasteiger partial charge in [-0.15, -0.1) is 0 Å². The number of aryl methyl sites for hydroxylation is 2. The topological polar surface area (TPSA) is 71.8 Å². The van der Waals surface area contributed by atoms with Gasteiger partial charge in [0.15, 0.2) is 5.16 Å². The number of hydrogen-bond donors (Lipinski definition) is 2. The van der Waals surface area contributed by atoms with Crippen molar-refractivity contribution >= 4 is 17.4 Å². The first-order valence-electron chi connectivity index (χ1n) is 5.16. The van der Waals surface area contributed by atoms with Crippen molar-refractivity contribution in [3.8, 4) is 0 Å². The Kier molecular flexibility index (Phi) is 3.19. The van der Waals surface area contributed by atoms with E-state index in [0.717, 1.165) is 16.1 Å². The molecule has 3 N–H and O–H groups in total. The van der Waals surface area contributed by atoms with Crippen molar-refractivity contribution in [2.24, 2.45) is 0 Å². The fourth-order valence-corrected chi connectivity index (χ4v) is 2.28. The van der Waals surface area contributed by atoms with Gasteiger partial charge < -0.3 is 10.7 Å². The molecule has 0 aliphatic rings. The highest BCUT2D eigenvalue weighted by molar-refractivity contribution is 7.99. The van der Waals surface area contributed by atoms with Crippen molar-refractivity contribution in [1.29, 1.82) is 0 Å². The molecule has 0 unspecified atom stereocenters. The number of aromatic amines is 1. The van der Waals surface area contributed by atoms with E-state index in [4.69, 9.17) is 5.73 Å². The Morgan fingerprint density at radius 3 is 2.71 bits per heavy atom. The largest absolute Gasteiger partial charge is 0.398 e. The quantitative estimate of drug-likeness (QED) is 0.630. The van der Waals surface area contributed by atoms with Crippen LogP contribution in [-0.4, -0.2) is 9.97 Å². The molecule has 2 rings (SSSR count). The summed E-state index contributed by atoms with van der Waals surface area (Å²) < 4.78 is 0. The fraction of sp³-hybridized carbons (Fsp3) is 0.167. The third-order valence-electron chi connectivity index (χ3n) is 2.31. The van der Waals surface area contributed by atoms with E-state index in [-0.39, 0.29) is 5.56 Å². The van der Waals surface area contributed by atoms with Gasteiger partial charge in [0.25, 0.3) is 5.56 Å². The average Bonchev–Trinajstić information content (AvgIpc) is 2.22. The molecule has 0 fully saturated rings. The van der Waals surface area contributed by atoms with Gasteiger partial charge in [-0.1, -0.05) is 17.8 Å². The molecule has 17 heavy (non-hydrogen) atoms. The maximum atomic E-state index is 11.3. The van der Waals surface area contributed by atoms with Crippen molar-refractivity contribution in [2.75, 3.05) is 5.73 Å². The third-order valence-corrected chi connectivity index (χ3v) is 3.19. The van der Waals surface area contributed by atoms with Crippen LogP contribution in [0.4, 0.5) is 5.69 Å². The second-order valence-electron chi connectivity index (χ2n) is 3.81. The van der Waals surface area contributed by atoms with Crippen LogP contribution in [0.3, 0.4) is 0 Å². The van der Waals surface area contributed by atoms with Crippen molar-refractivity contribution in [1.82, 2.24) is 9.97 Å². The van der Waals surface area contributed by atoms with Gasteiger partial charge in [0.2, 0.25) is 0 Å². The van der Waals surface area contributed by atoms with E-state index in [0.29, 0.717) is 10.9 Å². The van der Waals surface area contributed by atoms with E-state index in [1.165, 1.54) is 17.8 Å². The maximum Gasteiger partial charge on any atom is 0.251 e. The molecule has 4 nitrogen and oxygen atoms in total. The van der Waals surface area contributed by atoms with Crippen LogP contribution in [0.1, 0.15) is 11.3 Å². The summed E-state index contributed by atoms with van der Waals surface area (Å²) in [5.41, 5.74) is 8.18. The van der Waals surface area contributed by atoms with Crippen LogP contribution in [-0.2, 0) is 0 Å². The normalized spacial score (nSPS) is 10.5. The lowest BCUT2D eigenvalue weighted by atomic mass is 10.2. The Morgan fingerprint density at radius 2 is 2.06 bits per heavy atom. The average molecular weight is 247 g/mol. The zero-order valence-electron chi connectivity index (χ0n) is 9.65. The molecule has 0 aliphatic carbocycles. The fourth-order valence-electron chi connectivity index (χ4n) is 1.39. The second kappa shape index (κ2) is 4.63. The predicted molar refractivity (Wildman–Crippen MR) is 69.3 cm³/mol. The van der Waals surface area contributed by atoms with Gasteiger partial charge in [-0.25, -0.2) is 4.98 Å². The van der Waals surface area contributed by atoms with Crippen LogP contribution >= 0.6 is 11.8 Å². The van der Waals surface area contributed by atoms with Crippen LogP contribution in [0.25, 0.3) is 0 Å². The van der Waals surface area contributed by atoms with Gasteiger partial charge in [-0.3, -0.25) is 4.79 Å². The Bertz CT molecular complexity index is 607. The van der Waals surface area contributed by atoms with Crippen LogP contribution in [0.5, 0.6) is 0 Å². The highest BCUT2D eigenvalue weighted by atomic mass is 32.2. The van der Waals surface area contributed by atoms with E-state index in [2.05, 4.69) is 9.97 Å². The minimum absolute atomic E-state index is 0.139. The molecule has 1 aromatic carbocycles. The van der Waals surface area contributed by atoms with Gasteiger partial charge in [0.1, 0.15) is 0 Å². The summed E-state index contributed by atoms with van der Waals surface area (Å²) in [5.74, 6) is 0. The smallest absolute Gasteiger partial charge is 0.251 e. The SMILES string of the molecule is Cc1cc(=O)[nH]c(Sc2ccc(C)c(N)c2)n1. The van der Waals surface area contributed by atoms with E-state index in [1.807, 2.05) is 25.1 Å². The zero-order chi connectivity index (χ0) is 12.4. The number of H-pyrrole nitrogens is 1. The molecular formula is C12H13N3OS. The lowest BCUT2D eigenvalue weighted by Crippen LogP contribution is -2.07. The molecule has 2 aromatic rings. The molecule has 0 aliphatic heterocycles. The molecule has 0 amide bonds. The van der Waals surface area contributed by atoms with Crippen molar-refractivity contribution in [3.63, 3.8) is 0 Å². The monoisotopic (exact) mass is 247 g/mol. The van der Waals surface area contributed by atoms with E-state index < -0.39 is 0 Å². The number of nitrogens with one attached hydrogen (secondary N) is 1. The maximum absolute atomic E-state index is 11.3. The molecule has 0 saturated carbocycles. The summed E-state index contributed by atoms with van der Waals surface area (Å²) in [7, 11) is 0. The van der Waals surface area contributed by atoms with Gasteiger partial charge in [-0.2, -0.15) is 0 Å². The Labute approximate surface area is 103 Å².